The van der Waals surface area contributed by atoms with E-state index in [4.69, 9.17) is 14.6 Å². The number of carbonyl (C=O) groups is 1. The molecule has 0 saturated carbocycles. The molecule has 0 unspecified atom stereocenters. The first-order chi connectivity index (χ1) is 19.6. The maximum absolute atomic E-state index is 14.5. The Kier molecular flexibility index (Phi) is 5.77. The van der Waals surface area contributed by atoms with Crippen LogP contribution in [0.25, 0.3) is 11.5 Å². The third kappa shape index (κ3) is 4.07. The number of urea groups is 1. The first kappa shape index (κ1) is 24.0. The predicted octanol–water partition coefficient (Wildman–Crippen LogP) is 6.02. The van der Waals surface area contributed by atoms with Crippen LogP contribution < -0.4 is 14.8 Å². The fourth-order valence-corrected chi connectivity index (χ4v) is 5.49. The van der Waals surface area contributed by atoms with Gasteiger partial charge in [-0.1, -0.05) is 30.3 Å². The van der Waals surface area contributed by atoms with Crippen molar-refractivity contribution in [3.05, 3.63) is 119 Å². The number of amides is 2. The lowest BCUT2D eigenvalue weighted by molar-refractivity contribution is 0.171. The molecule has 0 radical (unpaired) electrons. The normalized spacial score (nSPS) is 15.7. The number of para-hydroxylation sites is 1. The number of rotatable bonds is 3. The fourth-order valence-electron chi connectivity index (χ4n) is 5.49. The minimum atomic E-state index is -0.570. The lowest BCUT2D eigenvalue weighted by atomic mass is 10.0. The maximum atomic E-state index is 14.5. The van der Waals surface area contributed by atoms with E-state index in [0.29, 0.717) is 36.0 Å². The number of anilines is 1. The van der Waals surface area contributed by atoms with Crippen LogP contribution in [0.5, 0.6) is 11.5 Å². The molecule has 0 spiro atoms. The molecule has 8 nitrogen and oxygen atoms in total. The molecule has 0 aliphatic carbocycles. The Hall–Kier alpha value is -5.05. The second-order valence-electron chi connectivity index (χ2n) is 9.81. The van der Waals surface area contributed by atoms with E-state index < -0.39 is 6.04 Å². The summed E-state index contributed by atoms with van der Waals surface area (Å²) in [4.78, 5) is 15.8. The first-order valence-corrected chi connectivity index (χ1v) is 13.1. The third-order valence-electron chi connectivity index (χ3n) is 7.31. The number of benzene rings is 3. The van der Waals surface area contributed by atoms with E-state index in [1.807, 2.05) is 66.3 Å². The summed E-state index contributed by atoms with van der Waals surface area (Å²) in [6, 6.07) is 24.6. The van der Waals surface area contributed by atoms with E-state index in [-0.39, 0.29) is 18.4 Å². The largest absolute Gasteiger partial charge is 0.486 e. The number of aryl methyl sites for hydroxylation is 1. The van der Waals surface area contributed by atoms with Gasteiger partial charge in [0, 0.05) is 23.5 Å². The zero-order valence-corrected chi connectivity index (χ0v) is 21.8. The van der Waals surface area contributed by atoms with Gasteiger partial charge in [-0.05, 0) is 61.0 Å². The molecule has 200 valence electrons. The van der Waals surface area contributed by atoms with Gasteiger partial charge in [-0.15, -0.1) is 0 Å². The van der Waals surface area contributed by atoms with Crippen molar-refractivity contribution in [3.63, 3.8) is 0 Å². The van der Waals surface area contributed by atoms with Crippen LogP contribution in [0, 0.1) is 12.7 Å². The molecule has 5 aromatic rings. The minimum Gasteiger partial charge on any atom is -0.486 e. The first-order valence-electron chi connectivity index (χ1n) is 13.1. The van der Waals surface area contributed by atoms with Gasteiger partial charge in [0.1, 0.15) is 24.8 Å². The number of nitrogens with one attached hydrogen (secondary N) is 1. The summed E-state index contributed by atoms with van der Waals surface area (Å²) in [6.45, 7) is 3.14. The standard InChI is InChI=1S/C31H26FN5O3/c1-20-25-19-36(31(38)33-23-12-13-27-28(18-23)40-16-15-39-27)29(21-7-5-8-22(32)17-21)26-11-6-14-35(26)30(25)37(34-20)24-9-3-2-4-10-24/h2-14,17-18,29H,15-16,19H2,1H3,(H,33,38)/t29-/m0/s1. The van der Waals surface area contributed by atoms with Gasteiger partial charge in [0.05, 0.1) is 29.7 Å². The van der Waals surface area contributed by atoms with Crippen molar-refractivity contribution in [1.29, 1.82) is 0 Å². The Morgan fingerprint density at radius 3 is 2.60 bits per heavy atom. The van der Waals surface area contributed by atoms with Crippen molar-refractivity contribution in [2.24, 2.45) is 0 Å². The summed E-state index contributed by atoms with van der Waals surface area (Å²) in [5.74, 6) is 1.71. The molecular formula is C31H26FN5O3. The Labute approximate surface area is 230 Å². The van der Waals surface area contributed by atoms with Crippen LogP contribution in [0.4, 0.5) is 14.9 Å². The van der Waals surface area contributed by atoms with Crippen LogP contribution in [0.15, 0.2) is 91.1 Å². The number of fused-ring (bicyclic) bond motifs is 4. The number of nitrogens with zero attached hydrogens (tertiary/aromatic N) is 4. The number of aromatic nitrogens is 3. The SMILES string of the molecule is Cc1nn(-c2ccccc2)c2c1CN(C(=O)Nc1ccc3c(c1)OCCO3)[C@@H](c1cccc(F)c1)c1cccn1-2. The molecule has 4 heterocycles. The molecule has 0 saturated heterocycles. The highest BCUT2D eigenvalue weighted by molar-refractivity contribution is 5.90. The van der Waals surface area contributed by atoms with Crippen molar-refractivity contribution in [3.8, 4) is 23.0 Å². The maximum Gasteiger partial charge on any atom is 0.322 e. The highest BCUT2D eigenvalue weighted by Gasteiger charge is 2.36. The molecule has 0 fully saturated rings. The second-order valence-corrected chi connectivity index (χ2v) is 9.81. The average Bonchev–Trinajstić information content (AvgIpc) is 3.53. The molecule has 7 rings (SSSR count). The van der Waals surface area contributed by atoms with Crippen molar-refractivity contribution in [1.82, 2.24) is 19.2 Å². The van der Waals surface area contributed by atoms with Gasteiger partial charge in [-0.25, -0.2) is 13.9 Å². The van der Waals surface area contributed by atoms with Crippen LogP contribution in [0.3, 0.4) is 0 Å². The molecule has 40 heavy (non-hydrogen) atoms. The number of hydrogen-bond donors (Lipinski definition) is 1. The van der Waals surface area contributed by atoms with Gasteiger partial charge < -0.3 is 24.3 Å². The molecule has 1 N–H and O–H groups in total. The zero-order valence-electron chi connectivity index (χ0n) is 21.8. The Bertz CT molecular complexity index is 1730. The molecule has 0 bridgehead atoms. The van der Waals surface area contributed by atoms with E-state index in [9.17, 15) is 9.18 Å². The smallest absolute Gasteiger partial charge is 0.322 e. The monoisotopic (exact) mass is 535 g/mol. The second kappa shape index (κ2) is 9.60. The van der Waals surface area contributed by atoms with E-state index in [2.05, 4.69) is 9.88 Å². The van der Waals surface area contributed by atoms with Gasteiger partial charge in [0.15, 0.2) is 11.5 Å². The highest BCUT2D eigenvalue weighted by atomic mass is 19.1. The topological polar surface area (TPSA) is 73.6 Å². The van der Waals surface area contributed by atoms with Crippen molar-refractivity contribution in [2.75, 3.05) is 18.5 Å². The summed E-state index contributed by atoms with van der Waals surface area (Å²) < 4.78 is 29.8. The summed E-state index contributed by atoms with van der Waals surface area (Å²) in [7, 11) is 0. The number of hydrogen-bond acceptors (Lipinski definition) is 4. The molecular weight excluding hydrogens is 509 g/mol. The summed E-state index contributed by atoms with van der Waals surface area (Å²) >= 11 is 0. The Balaban J connectivity index is 1.36. The third-order valence-corrected chi connectivity index (χ3v) is 7.31. The van der Waals surface area contributed by atoms with E-state index in [0.717, 1.165) is 28.5 Å². The van der Waals surface area contributed by atoms with Gasteiger partial charge in [-0.2, -0.15) is 5.10 Å². The molecule has 2 aliphatic heterocycles. The van der Waals surface area contributed by atoms with Crippen molar-refractivity contribution >= 4 is 11.7 Å². The van der Waals surface area contributed by atoms with E-state index in [1.54, 1.807) is 29.2 Å². The summed E-state index contributed by atoms with van der Waals surface area (Å²) in [5.41, 5.74) is 4.66. The highest BCUT2D eigenvalue weighted by Crippen LogP contribution is 2.39. The summed E-state index contributed by atoms with van der Waals surface area (Å²) in [5, 5.41) is 7.90. The van der Waals surface area contributed by atoms with Gasteiger partial charge in [-0.3, -0.25) is 0 Å². The quantitative estimate of drug-likeness (QED) is 0.307. The Morgan fingerprint density at radius 1 is 0.950 bits per heavy atom. The molecule has 3 aromatic carbocycles. The predicted molar refractivity (Wildman–Crippen MR) is 148 cm³/mol. The van der Waals surface area contributed by atoms with Crippen molar-refractivity contribution < 1.29 is 18.7 Å². The Morgan fingerprint density at radius 2 is 1.77 bits per heavy atom. The zero-order chi connectivity index (χ0) is 27.2. The number of halogens is 1. The molecule has 2 aromatic heterocycles. The fraction of sp³-hybridized carbons (Fsp3) is 0.161. The van der Waals surface area contributed by atoms with Gasteiger partial charge >= 0.3 is 6.03 Å². The van der Waals surface area contributed by atoms with Crippen LogP contribution in [0.2, 0.25) is 0 Å². The van der Waals surface area contributed by atoms with Crippen LogP contribution in [0.1, 0.15) is 28.6 Å². The number of ether oxygens (including phenoxy) is 2. The van der Waals surface area contributed by atoms with Gasteiger partial charge in [0.25, 0.3) is 0 Å². The van der Waals surface area contributed by atoms with Crippen molar-refractivity contribution in [2.45, 2.75) is 19.5 Å². The van der Waals surface area contributed by atoms with E-state index >= 15 is 0 Å². The molecule has 2 amide bonds. The lowest BCUT2D eigenvalue weighted by Gasteiger charge is -2.31. The van der Waals surface area contributed by atoms with E-state index in [1.165, 1.54) is 12.1 Å². The minimum absolute atomic E-state index is 0.257. The van der Waals surface area contributed by atoms with Crippen LogP contribution in [-0.4, -0.2) is 38.5 Å². The van der Waals surface area contributed by atoms with Crippen LogP contribution in [-0.2, 0) is 6.54 Å². The van der Waals surface area contributed by atoms with Crippen LogP contribution >= 0.6 is 0 Å². The number of carbonyl (C=O) groups excluding carboxylic acids is 1. The average molecular weight is 536 g/mol. The molecule has 2 aliphatic rings. The molecule has 9 heteroatoms. The molecule has 1 atom stereocenters. The lowest BCUT2D eigenvalue weighted by Crippen LogP contribution is -2.38. The summed E-state index contributed by atoms with van der Waals surface area (Å²) in [6.07, 6.45) is 1.96. The van der Waals surface area contributed by atoms with Gasteiger partial charge in [0.2, 0.25) is 0 Å².